The summed E-state index contributed by atoms with van der Waals surface area (Å²) in [6.45, 7) is 3.77. The van der Waals surface area contributed by atoms with Crippen molar-refractivity contribution in [1.82, 2.24) is 4.72 Å². The van der Waals surface area contributed by atoms with E-state index in [-0.39, 0.29) is 22.1 Å². The molecule has 1 atom stereocenters. The molecule has 0 amide bonds. The molecule has 0 aromatic heterocycles. The van der Waals surface area contributed by atoms with Gasteiger partial charge in [-0.1, -0.05) is 0 Å². The summed E-state index contributed by atoms with van der Waals surface area (Å²) >= 11 is 0. The average Bonchev–Trinajstić information content (AvgIpc) is 2.37. The molecule has 2 N–H and O–H groups in total. The molecule has 1 saturated heterocycles. The van der Waals surface area contributed by atoms with Gasteiger partial charge in [0.1, 0.15) is 5.82 Å². The number of sulfonamides is 1. The van der Waals surface area contributed by atoms with Crippen LogP contribution in [0.2, 0.25) is 0 Å². The maximum absolute atomic E-state index is 13.3. The van der Waals surface area contributed by atoms with Crippen LogP contribution in [0.1, 0.15) is 32.3 Å². The Hall–Kier alpha value is -1.02. The standard InChI is InChI=1S/C14H20FNO4S/c1-14(2)8-11(5-6-20-14)16-21(18,19)12-3-4-13(15)10(7-12)9-17/h3-4,7,11,16-17H,5-6,8-9H2,1-2H3. The molecule has 1 aliphatic rings. The van der Waals surface area contributed by atoms with E-state index < -0.39 is 22.4 Å². The zero-order chi connectivity index (χ0) is 15.7. The Kier molecular flexibility index (Phi) is 4.67. The largest absolute Gasteiger partial charge is 0.392 e. The molecule has 1 unspecified atom stereocenters. The maximum atomic E-state index is 13.3. The number of hydrogen-bond acceptors (Lipinski definition) is 4. The van der Waals surface area contributed by atoms with Crippen molar-refractivity contribution >= 4 is 10.0 Å². The maximum Gasteiger partial charge on any atom is 0.240 e. The number of aliphatic hydroxyl groups excluding tert-OH is 1. The lowest BCUT2D eigenvalue weighted by Crippen LogP contribution is -2.45. The summed E-state index contributed by atoms with van der Waals surface area (Å²) < 4.78 is 46.2. The zero-order valence-electron chi connectivity index (χ0n) is 12.1. The van der Waals surface area contributed by atoms with Gasteiger partial charge >= 0.3 is 0 Å². The van der Waals surface area contributed by atoms with Gasteiger partial charge in [0.2, 0.25) is 10.0 Å². The number of rotatable bonds is 4. The molecule has 0 radical (unpaired) electrons. The zero-order valence-corrected chi connectivity index (χ0v) is 12.9. The van der Waals surface area contributed by atoms with Gasteiger partial charge in [0.25, 0.3) is 0 Å². The van der Waals surface area contributed by atoms with E-state index in [0.29, 0.717) is 19.4 Å². The number of ether oxygens (including phenoxy) is 1. The van der Waals surface area contributed by atoms with Crippen LogP contribution in [-0.2, 0) is 21.4 Å². The van der Waals surface area contributed by atoms with Gasteiger partial charge in [-0.3, -0.25) is 0 Å². The lowest BCUT2D eigenvalue weighted by Gasteiger charge is -2.35. The van der Waals surface area contributed by atoms with Gasteiger partial charge in [-0.25, -0.2) is 17.5 Å². The SMILES string of the molecule is CC1(C)CC(NS(=O)(=O)c2ccc(F)c(CO)c2)CCO1. The molecule has 1 aromatic carbocycles. The van der Waals surface area contributed by atoms with Gasteiger partial charge in [0.05, 0.1) is 17.1 Å². The molecule has 7 heteroatoms. The molecule has 118 valence electrons. The van der Waals surface area contributed by atoms with E-state index in [1.165, 1.54) is 6.07 Å². The van der Waals surface area contributed by atoms with Crippen molar-refractivity contribution in [2.45, 2.75) is 49.8 Å². The van der Waals surface area contributed by atoms with Crippen LogP contribution >= 0.6 is 0 Å². The monoisotopic (exact) mass is 317 g/mol. The summed E-state index contributed by atoms with van der Waals surface area (Å²) in [6.07, 6.45) is 1.16. The summed E-state index contributed by atoms with van der Waals surface area (Å²) in [4.78, 5) is -0.0442. The predicted octanol–water partition coefficient (Wildman–Crippen LogP) is 1.55. The number of halogens is 1. The number of nitrogens with one attached hydrogen (secondary N) is 1. The first-order valence-electron chi connectivity index (χ1n) is 6.79. The normalized spacial score (nSPS) is 22.2. The Bertz CT molecular complexity index is 615. The quantitative estimate of drug-likeness (QED) is 0.883. The summed E-state index contributed by atoms with van der Waals surface area (Å²) in [5.74, 6) is -0.622. The van der Waals surface area contributed by atoms with E-state index in [4.69, 9.17) is 9.84 Å². The average molecular weight is 317 g/mol. The van der Waals surface area contributed by atoms with Gasteiger partial charge < -0.3 is 9.84 Å². The van der Waals surface area contributed by atoms with E-state index in [9.17, 15) is 12.8 Å². The van der Waals surface area contributed by atoms with Gasteiger partial charge in [-0.05, 0) is 44.9 Å². The molecular weight excluding hydrogens is 297 g/mol. The van der Waals surface area contributed by atoms with Crippen LogP contribution in [-0.4, -0.2) is 31.8 Å². The molecule has 1 aromatic rings. The molecule has 0 saturated carbocycles. The van der Waals surface area contributed by atoms with Gasteiger partial charge in [-0.15, -0.1) is 0 Å². The van der Waals surface area contributed by atoms with Crippen molar-refractivity contribution in [2.75, 3.05) is 6.61 Å². The molecule has 0 aliphatic carbocycles. The van der Waals surface area contributed by atoms with Gasteiger partial charge in [-0.2, -0.15) is 0 Å². The van der Waals surface area contributed by atoms with Crippen LogP contribution in [0.25, 0.3) is 0 Å². The Balaban J connectivity index is 2.18. The van der Waals surface area contributed by atoms with Crippen LogP contribution in [0, 0.1) is 5.82 Å². The minimum atomic E-state index is -3.74. The van der Waals surface area contributed by atoms with E-state index >= 15 is 0 Å². The Morgan fingerprint density at radius 3 is 2.81 bits per heavy atom. The first-order valence-corrected chi connectivity index (χ1v) is 8.27. The molecule has 1 fully saturated rings. The lowest BCUT2D eigenvalue weighted by atomic mass is 9.95. The van der Waals surface area contributed by atoms with Crippen molar-refractivity contribution in [3.8, 4) is 0 Å². The minimum Gasteiger partial charge on any atom is -0.392 e. The number of benzene rings is 1. The second-order valence-corrected chi connectivity index (χ2v) is 7.54. The Labute approximate surface area is 124 Å². The van der Waals surface area contributed by atoms with E-state index in [0.717, 1.165) is 12.1 Å². The number of aliphatic hydroxyl groups is 1. The van der Waals surface area contributed by atoms with E-state index in [1.807, 2.05) is 13.8 Å². The first kappa shape index (κ1) is 16.4. The molecule has 0 spiro atoms. The van der Waals surface area contributed by atoms with E-state index in [1.54, 1.807) is 0 Å². The van der Waals surface area contributed by atoms with Crippen LogP contribution in [0.5, 0.6) is 0 Å². The van der Waals surface area contributed by atoms with Gasteiger partial charge in [0, 0.05) is 18.2 Å². The molecule has 0 bridgehead atoms. The summed E-state index contributed by atoms with van der Waals surface area (Å²) in [5.41, 5.74) is -0.407. The van der Waals surface area contributed by atoms with Crippen LogP contribution < -0.4 is 4.72 Å². The lowest BCUT2D eigenvalue weighted by molar-refractivity contribution is -0.0599. The van der Waals surface area contributed by atoms with Crippen molar-refractivity contribution in [2.24, 2.45) is 0 Å². The molecule has 1 aliphatic heterocycles. The third-order valence-electron chi connectivity index (χ3n) is 3.52. The smallest absolute Gasteiger partial charge is 0.240 e. The summed E-state index contributed by atoms with van der Waals surface area (Å²) in [6, 6.07) is 3.18. The summed E-state index contributed by atoms with van der Waals surface area (Å²) in [5, 5.41) is 9.03. The molecular formula is C14H20FNO4S. The molecule has 1 heterocycles. The van der Waals surface area contributed by atoms with Gasteiger partial charge in [0.15, 0.2) is 0 Å². The third-order valence-corrected chi connectivity index (χ3v) is 5.03. The van der Waals surface area contributed by atoms with Crippen molar-refractivity contribution in [3.05, 3.63) is 29.6 Å². The van der Waals surface area contributed by atoms with Crippen molar-refractivity contribution in [3.63, 3.8) is 0 Å². The molecule has 2 rings (SSSR count). The highest BCUT2D eigenvalue weighted by Gasteiger charge is 2.31. The molecule has 21 heavy (non-hydrogen) atoms. The fraction of sp³-hybridized carbons (Fsp3) is 0.571. The van der Waals surface area contributed by atoms with Crippen LogP contribution in [0.3, 0.4) is 0 Å². The molecule has 5 nitrogen and oxygen atoms in total. The third kappa shape index (κ3) is 4.00. The highest BCUT2D eigenvalue weighted by Crippen LogP contribution is 2.25. The second kappa shape index (κ2) is 6.00. The fourth-order valence-electron chi connectivity index (χ4n) is 2.46. The van der Waals surface area contributed by atoms with Crippen molar-refractivity contribution < 1.29 is 22.7 Å². The van der Waals surface area contributed by atoms with E-state index in [2.05, 4.69) is 4.72 Å². The highest BCUT2D eigenvalue weighted by molar-refractivity contribution is 7.89. The summed E-state index contributed by atoms with van der Waals surface area (Å²) in [7, 11) is -3.74. The second-order valence-electron chi connectivity index (χ2n) is 5.83. The minimum absolute atomic E-state index is 0.0369. The Morgan fingerprint density at radius 2 is 2.19 bits per heavy atom. The fourth-order valence-corrected chi connectivity index (χ4v) is 3.78. The van der Waals surface area contributed by atoms with Crippen LogP contribution in [0.15, 0.2) is 23.1 Å². The predicted molar refractivity (Wildman–Crippen MR) is 75.7 cm³/mol. The van der Waals surface area contributed by atoms with Crippen molar-refractivity contribution in [1.29, 1.82) is 0 Å². The topological polar surface area (TPSA) is 75.6 Å². The number of hydrogen-bond donors (Lipinski definition) is 2. The highest BCUT2D eigenvalue weighted by atomic mass is 32.2. The Morgan fingerprint density at radius 1 is 1.48 bits per heavy atom. The first-order chi connectivity index (χ1) is 9.73. The van der Waals surface area contributed by atoms with Crippen LogP contribution in [0.4, 0.5) is 4.39 Å².